The molecule has 2 fully saturated rings. The number of nitrogens with zero attached hydrogens (tertiary/aromatic N) is 2. The lowest BCUT2D eigenvalue weighted by Gasteiger charge is -2.38. The molecule has 1 amide bonds. The molecule has 2 saturated heterocycles. The zero-order valence-electron chi connectivity index (χ0n) is 13.0. The number of ether oxygens (including phenoxy) is 1. The van der Waals surface area contributed by atoms with E-state index in [1.54, 1.807) is 0 Å². The minimum atomic E-state index is 0.271. The molecule has 2 aliphatic rings. The van der Waals surface area contributed by atoms with Crippen LogP contribution in [0.2, 0.25) is 0 Å². The lowest BCUT2D eigenvalue weighted by molar-refractivity contribution is -0.133. The van der Waals surface area contributed by atoms with Crippen molar-refractivity contribution in [3.8, 4) is 0 Å². The van der Waals surface area contributed by atoms with Crippen LogP contribution < -0.4 is 0 Å². The van der Waals surface area contributed by atoms with E-state index in [-0.39, 0.29) is 5.91 Å². The topological polar surface area (TPSA) is 32.8 Å². The maximum Gasteiger partial charge on any atom is 0.224 e. The van der Waals surface area contributed by atoms with E-state index in [1.807, 2.05) is 11.8 Å². The third-order valence-corrected chi connectivity index (χ3v) is 4.64. The highest BCUT2D eigenvalue weighted by atomic mass is 16.5. The molecule has 0 aliphatic carbocycles. The van der Waals surface area contributed by atoms with E-state index in [0.717, 1.165) is 25.9 Å². The molecule has 0 aromatic carbocycles. The van der Waals surface area contributed by atoms with Gasteiger partial charge in [0.25, 0.3) is 0 Å². The van der Waals surface area contributed by atoms with E-state index < -0.39 is 0 Å². The first-order chi connectivity index (χ1) is 9.81. The van der Waals surface area contributed by atoms with E-state index in [1.165, 1.54) is 38.8 Å². The summed E-state index contributed by atoms with van der Waals surface area (Å²) in [6, 6.07) is 0.712. The molecule has 0 aromatic rings. The molecule has 0 radical (unpaired) electrons. The summed E-state index contributed by atoms with van der Waals surface area (Å²) in [6.45, 7) is 7.65. The van der Waals surface area contributed by atoms with E-state index >= 15 is 0 Å². The van der Waals surface area contributed by atoms with Crippen LogP contribution in [0.1, 0.15) is 51.9 Å². The Morgan fingerprint density at radius 1 is 1.05 bits per heavy atom. The summed E-state index contributed by atoms with van der Waals surface area (Å²) in [5.74, 6) is 0.271. The molecule has 0 aromatic heterocycles. The van der Waals surface area contributed by atoms with Gasteiger partial charge < -0.3 is 14.5 Å². The standard InChI is InChI=1S/C16H30N2O2/c1-2-20-14-9-16(19)18-12-7-15(8-13-18)17-10-5-3-4-6-11-17/h15H,2-14H2,1H3. The molecular weight excluding hydrogens is 252 g/mol. The van der Waals surface area contributed by atoms with Gasteiger partial charge in [-0.3, -0.25) is 4.79 Å². The summed E-state index contributed by atoms with van der Waals surface area (Å²) in [7, 11) is 0. The van der Waals surface area contributed by atoms with E-state index in [2.05, 4.69) is 4.90 Å². The first-order valence-corrected chi connectivity index (χ1v) is 8.41. The van der Waals surface area contributed by atoms with Gasteiger partial charge >= 0.3 is 0 Å². The van der Waals surface area contributed by atoms with Crippen molar-refractivity contribution >= 4 is 5.91 Å². The highest BCUT2D eigenvalue weighted by molar-refractivity contribution is 5.76. The molecule has 0 atom stereocenters. The molecule has 2 aliphatic heterocycles. The Morgan fingerprint density at radius 3 is 2.30 bits per heavy atom. The lowest BCUT2D eigenvalue weighted by Crippen LogP contribution is -2.47. The number of rotatable bonds is 5. The molecule has 4 nitrogen and oxygen atoms in total. The normalized spacial score (nSPS) is 22.8. The van der Waals surface area contributed by atoms with Gasteiger partial charge in [-0.25, -0.2) is 0 Å². The predicted molar refractivity (Wildman–Crippen MR) is 80.8 cm³/mol. The fraction of sp³-hybridized carbons (Fsp3) is 0.938. The second-order valence-electron chi connectivity index (χ2n) is 6.01. The van der Waals surface area contributed by atoms with Crippen LogP contribution in [0.5, 0.6) is 0 Å². The minimum Gasteiger partial charge on any atom is -0.381 e. The van der Waals surface area contributed by atoms with Crippen LogP contribution >= 0.6 is 0 Å². The average Bonchev–Trinajstić information content (AvgIpc) is 2.77. The van der Waals surface area contributed by atoms with Crippen molar-refractivity contribution in [1.29, 1.82) is 0 Å². The number of carbonyl (C=O) groups excluding carboxylic acids is 1. The predicted octanol–water partition coefficient (Wildman–Crippen LogP) is 2.28. The first kappa shape index (κ1) is 15.8. The fourth-order valence-corrected chi connectivity index (χ4v) is 3.40. The summed E-state index contributed by atoms with van der Waals surface area (Å²) in [5, 5.41) is 0. The van der Waals surface area contributed by atoms with Crippen LogP contribution in [0, 0.1) is 0 Å². The van der Waals surface area contributed by atoms with Gasteiger partial charge in [0.2, 0.25) is 5.91 Å². The average molecular weight is 282 g/mol. The highest BCUT2D eigenvalue weighted by Crippen LogP contribution is 2.20. The van der Waals surface area contributed by atoms with Gasteiger partial charge in [-0.05, 0) is 45.7 Å². The molecular formula is C16H30N2O2. The molecule has 0 N–H and O–H groups in total. The SMILES string of the molecule is CCOCCC(=O)N1CCC(N2CCCCCC2)CC1. The molecule has 116 valence electrons. The van der Waals surface area contributed by atoms with Crippen LogP contribution in [0.3, 0.4) is 0 Å². The first-order valence-electron chi connectivity index (χ1n) is 8.41. The minimum absolute atomic E-state index is 0.271. The van der Waals surface area contributed by atoms with Crippen molar-refractivity contribution in [2.45, 2.75) is 57.9 Å². The summed E-state index contributed by atoms with van der Waals surface area (Å²) in [6.07, 6.45) is 8.35. The highest BCUT2D eigenvalue weighted by Gasteiger charge is 2.26. The van der Waals surface area contributed by atoms with E-state index in [9.17, 15) is 4.79 Å². The van der Waals surface area contributed by atoms with Crippen LogP contribution in [0.4, 0.5) is 0 Å². The number of amides is 1. The summed E-state index contributed by atoms with van der Waals surface area (Å²) >= 11 is 0. The Kier molecular flexibility index (Phi) is 6.80. The monoisotopic (exact) mass is 282 g/mol. The Labute approximate surface area is 123 Å². The van der Waals surface area contributed by atoms with Gasteiger partial charge in [0.05, 0.1) is 13.0 Å². The molecule has 0 unspecified atom stereocenters. The van der Waals surface area contributed by atoms with Crippen LogP contribution in [-0.4, -0.2) is 61.1 Å². The number of hydrogen-bond donors (Lipinski definition) is 0. The molecule has 4 heteroatoms. The van der Waals surface area contributed by atoms with E-state index in [0.29, 0.717) is 25.7 Å². The molecule has 0 saturated carbocycles. The third kappa shape index (κ3) is 4.74. The van der Waals surface area contributed by atoms with Crippen molar-refractivity contribution in [3.05, 3.63) is 0 Å². The van der Waals surface area contributed by atoms with E-state index in [4.69, 9.17) is 4.74 Å². The smallest absolute Gasteiger partial charge is 0.224 e. The molecule has 2 heterocycles. The summed E-state index contributed by atoms with van der Waals surface area (Å²) < 4.78 is 5.27. The van der Waals surface area contributed by atoms with Crippen molar-refractivity contribution in [1.82, 2.24) is 9.80 Å². The van der Waals surface area contributed by atoms with Crippen LogP contribution in [0.25, 0.3) is 0 Å². The van der Waals surface area contributed by atoms with Gasteiger partial charge in [0.15, 0.2) is 0 Å². The Balaban J connectivity index is 1.69. The van der Waals surface area contributed by atoms with Crippen molar-refractivity contribution in [3.63, 3.8) is 0 Å². The molecule has 20 heavy (non-hydrogen) atoms. The summed E-state index contributed by atoms with van der Waals surface area (Å²) in [4.78, 5) is 16.8. The maximum absolute atomic E-state index is 12.0. The molecule has 0 bridgehead atoms. The Bertz CT molecular complexity index is 280. The van der Waals surface area contributed by atoms with Gasteiger partial charge in [-0.2, -0.15) is 0 Å². The van der Waals surface area contributed by atoms with Gasteiger partial charge in [0.1, 0.15) is 0 Å². The Morgan fingerprint density at radius 2 is 1.70 bits per heavy atom. The number of carbonyl (C=O) groups is 1. The van der Waals surface area contributed by atoms with Crippen molar-refractivity contribution in [2.75, 3.05) is 39.4 Å². The largest absolute Gasteiger partial charge is 0.381 e. The van der Waals surface area contributed by atoms with Crippen molar-refractivity contribution in [2.24, 2.45) is 0 Å². The van der Waals surface area contributed by atoms with Crippen LogP contribution in [0.15, 0.2) is 0 Å². The lowest BCUT2D eigenvalue weighted by atomic mass is 10.0. The molecule has 0 spiro atoms. The van der Waals surface area contributed by atoms with Gasteiger partial charge in [-0.1, -0.05) is 12.8 Å². The zero-order chi connectivity index (χ0) is 14.2. The van der Waals surface area contributed by atoms with Crippen molar-refractivity contribution < 1.29 is 9.53 Å². The van der Waals surface area contributed by atoms with Crippen LogP contribution in [-0.2, 0) is 9.53 Å². The maximum atomic E-state index is 12.0. The number of likely N-dealkylation sites (tertiary alicyclic amines) is 2. The Hall–Kier alpha value is -0.610. The fourth-order valence-electron chi connectivity index (χ4n) is 3.40. The molecule has 2 rings (SSSR count). The zero-order valence-corrected chi connectivity index (χ0v) is 13.0. The number of piperidine rings is 1. The second kappa shape index (κ2) is 8.63. The third-order valence-electron chi connectivity index (χ3n) is 4.64. The van der Waals surface area contributed by atoms with Gasteiger partial charge in [0, 0.05) is 25.7 Å². The van der Waals surface area contributed by atoms with Gasteiger partial charge in [-0.15, -0.1) is 0 Å². The number of hydrogen-bond acceptors (Lipinski definition) is 3. The second-order valence-corrected chi connectivity index (χ2v) is 6.01. The summed E-state index contributed by atoms with van der Waals surface area (Å²) in [5.41, 5.74) is 0. The quantitative estimate of drug-likeness (QED) is 0.725.